The average Bonchev–Trinajstić information content (AvgIpc) is 3.72. The molecule has 6 N–H and O–H groups in total. The Hall–Kier alpha value is -4.26. The Labute approximate surface area is 337 Å². The fourth-order valence-electron chi connectivity index (χ4n) is 6.67. The van der Waals surface area contributed by atoms with Crippen molar-refractivity contribution < 1.29 is 43.2 Å². The zero-order valence-electron chi connectivity index (χ0n) is 33.0. The summed E-state index contributed by atoms with van der Waals surface area (Å²) in [7, 11) is 0. The molecular weight excluding hydrogens is 759 g/mol. The van der Waals surface area contributed by atoms with E-state index in [0.717, 1.165) is 25.0 Å². The minimum absolute atomic E-state index is 0.00583. The van der Waals surface area contributed by atoms with Crippen LogP contribution in [0.5, 0.6) is 0 Å². The Morgan fingerprint density at radius 3 is 2.37 bits per heavy atom. The number of hydrogen-bond donors (Lipinski definition) is 6. The lowest BCUT2D eigenvalue weighted by atomic mass is 9.75. The van der Waals surface area contributed by atoms with Gasteiger partial charge >= 0.3 is 6.03 Å². The number of nitrogens with zero attached hydrogens (tertiary/aromatic N) is 4. The highest BCUT2D eigenvalue weighted by Crippen LogP contribution is 2.36. The van der Waals surface area contributed by atoms with Crippen LogP contribution in [0.4, 0.5) is 10.5 Å². The Morgan fingerprint density at radius 1 is 0.965 bits per heavy atom. The van der Waals surface area contributed by atoms with E-state index in [2.05, 4.69) is 41.3 Å². The van der Waals surface area contributed by atoms with Crippen molar-refractivity contribution in [2.45, 2.75) is 89.1 Å². The number of aliphatic hydroxyl groups excluding tert-OH is 1. The molecule has 1 aromatic heterocycles. The molecule has 3 aliphatic rings. The normalized spacial score (nSPS) is 20.1. The monoisotopic (exact) mass is 816 g/mol. The van der Waals surface area contributed by atoms with Gasteiger partial charge in [0.15, 0.2) is 12.3 Å². The van der Waals surface area contributed by atoms with Crippen molar-refractivity contribution in [1.29, 1.82) is 5.53 Å². The highest BCUT2D eigenvalue weighted by molar-refractivity contribution is 8.00. The smallest absolute Gasteiger partial charge is 0.315 e. The first-order chi connectivity index (χ1) is 27.5. The molecule has 2 aliphatic heterocycles. The molecule has 1 aromatic rings. The lowest BCUT2D eigenvalue weighted by molar-refractivity contribution is -0.121. The number of pyridine rings is 1. The van der Waals surface area contributed by atoms with E-state index >= 15 is 0 Å². The van der Waals surface area contributed by atoms with Gasteiger partial charge in [-0.3, -0.25) is 24.4 Å². The van der Waals surface area contributed by atoms with Gasteiger partial charge in [0.1, 0.15) is 16.4 Å². The van der Waals surface area contributed by atoms with Crippen LogP contribution in [0, 0.1) is 10.9 Å². The number of carbonyl (C=O) groups excluding carboxylic acids is 4. The van der Waals surface area contributed by atoms with Gasteiger partial charge in [-0.1, -0.05) is 20.3 Å². The van der Waals surface area contributed by atoms with Gasteiger partial charge in [0.2, 0.25) is 16.7 Å². The van der Waals surface area contributed by atoms with E-state index in [4.69, 9.17) is 24.5 Å². The molecule has 0 bridgehead atoms. The summed E-state index contributed by atoms with van der Waals surface area (Å²) in [6.07, 6.45) is 5.69. The molecular formula is C38H58N9O9S+. The Balaban J connectivity index is 1.01. The summed E-state index contributed by atoms with van der Waals surface area (Å²) < 4.78 is 22.4. The predicted molar refractivity (Wildman–Crippen MR) is 213 cm³/mol. The molecule has 0 aromatic carbocycles. The van der Waals surface area contributed by atoms with E-state index in [1.165, 1.54) is 6.20 Å². The second kappa shape index (κ2) is 24.5. The van der Waals surface area contributed by atoms with Crippen molar-refractivity contribution in [1.82, 2.24) is 25.8 Å². The number of thioether (sulfide) groups is 1. The van der Waals surface area contributed by atoms with Gasteiger partial charge in [-0.25, -0.2) is 4.79 Å². The number of rotatable bonds is 27. The number of aromatic nitrogens is 1. The number of Topliss-reactive ketones (excluding diaryl/α,β-unsaturated/α-hetero) is 1. The lowest BCUT2D eigenvalue weighted by Crippen LogP contribution is -2.36. The van der Waals surface area contributed by atoms with E-state index in [1.807, 2.05) is 25.6 Å². The van der Waals surface area contributed by atoms with Gasteiger partial charge in [0.25, 0.3) is 0 Å². The van der Waals surface area contributed by atoms with E-state index in [9.17, 15) is 24.3 Å². The Bertz CT molecular complexity index is 1600. The molecule has 2 saturated heterocycles. The van der Waals surface area contributed by atoms with Crippen LogP contribution in [0.2, 0.25) is 0 Å². The molecule has 3 heterocycles. The number of hydrogen-bond acceptors (Lipinski definition) is 14. The standard InChI is InChI=1S/C38H57N9O9S/c1-38(2)21-30(48)35(31(49)22-38)28(40-11-9-34(51)44-27-8-7-26(42-23-27)24-43-47-39)10-13-53-15-17-55-19-20-56-18-16-54-14-12-41-33(50)6-4-3-5-32-36-29(25-57-32)45-37(52)46-36/h7-8,23,29,32,36,39H,3-6,9-22,24-25H2,1-2H3,(H4-,40,41,44,45,46,48,49,50,51,52)/p+1/t29?,32-,36?/m1/s1. The summed E-state index contributed by atoms with van der Waals surface area (Å²) in [5.41, 5.74) is 8.12. The number of unbranched alkanes of at least 4 members (excludes halogenated alkanes) is 1. The predicted octanol–water partition coefficient (Wildman–Crippen LogP) is 3.40. The number of aliphatic imine (C=N–C) groups is 1. The largest absolute Gasteiger partial charge is 0.511 e. The van der Waals surface area contributed by atoms with E-state index in [-0.39, 0.29) is 91.4 Å². The highest BCUT2D eigenvalue weighted by atomic mass is 32.2. The molecule has 57 heavy (non-hydrogen) atoms. The Kier molecular flexibility index (Phi) is 19.5. The van der Waals surface area contributed by atoms with Crippen LogP contribution in [0.1, 0.15) is 70.9 Å². The molecule has 4 amide bonds. The first-order valence-electron chi connectivity index (χ1n) is 19.6. The number of ether oxygens (including phenoxy) is 4. The first-order valence-corrected chi connectivity index (χ1v) is 20.6. The van der Waals surface area contributed by atoms with Crippen LogP contribution in [-0.4, -0.2) is 128 Å². The van der Waals surface area contributed by atoms with E-state index in [1.54, 1.807) is 12.1 Å². The van der Waals surface area contributed by atoms with Crippen LogP contribution in [0.3, 0.4) is 0 Å². The zero-order valence-corrected chi connectivity index (χ0v) is 33.8. The number of carbonyl (C=O) groups is 4. The number of urea groups is 1. The molecule has 0 saturated carbocycles. The molecule has 0 radical (unpaired) electrons. The summed E-state index contributed by atoms with van der Waals surface area (Å²) in [4.78, 5) is 60.9. The third-order valence-corrected chi connectivity index (χ3v) is 11.0. The fraction of sp³-hybridized carbons (Fsp3) is 0.684. The molecule has 0 spiro atoms. The maximum Gasteiger partial charge on any atom is 0.315 e. The third-order valence-electron chi connectivity index (χ3n) is 9.44. The fourth-order valence-corrected chi connectivity index (χ4v) is 8.21. The van der Waals surface area contributed by atoms with Crippen molar-refractivity contribution in [3.05, 3.63) is 35.4 Å². The molecule has 19 heteroatoms. The summed E-state index contributed by atoms with van der Waals surface area (Å²) in [6.45, 7) is 7.46. The maximum absolute atomic E-state index is 13.1. The lowest BCUT2D eigenvalue weighted by Gasteiger charge is -2.30. The number of aliphatic hydroxyl groups is 1. The van der Waals surface area contributed by atoms with Crippen LogP contribution in [-0.2, 0) is 39.9 Å². The number of ketones is 1. The first kappa shape index (κ1) is 45.4. The minimum atomic E-state index is -0.357. The van der Waals surface area contributed by atoms with Crippen molar-refractivity contribution in [2.75, 3.05) is 77.0 Å². The number of amides is 4. The average molecular weight is 817 g/mol. The van der Waals surface area contributed by atoms with Crippen molar-refractivity contribution in [3.63, 3.8) is 0 Å². The Morgan fingerprint density at radius 2 is 1.68 bits per heavy atom. The molecule has 314 valence electrons. The van der Waals surface area contributed by atoms with Crippen LogP contribution in [0.25, 0.3) is 0 Å². The second-order valence-electron chi connectivity index (χ2n) is 14.7. The molecule has 2 unspecified atom stereocenters. The number of allylic oxidation sites excluding steroid dienone is 2. The van der Waals surface area contributed by atoms with Gasteiger partial charge in [-0.15, -0.1) is 0 Å². The number of fused-ring (bicyclic) bond motifs is 1. The second-order valence-corrected chi connectivity index (χ2v) is 16.0. The molecule has 4 rings (SSSR count). The van der Waals surface area contributed by atoms with Gasteiger partial charge in [0.05, 0.1) is 93.8 Å². The quantitative estimate of drug-likeness (QED) is 0.0247. The summed E-state index contributed by atoms with van der Waals surface area (Å²) >= 11 is 1.89. The van der Waals surface area contributed by atoms with Crippen LogP contribution < -0.4 is 26.2 Å². The molecule has 1 aliphatic carbocycles. The number of nitrogens with one attached hydrogen (secondary N) is 5. The van der Waals surface area contributed by atoms with Gasteiger partial charge in [-0.05, 0) is 30.4 Å². The summed E-state index contributed by atoms with van der Waals surface area (Å²) in [5, 5.41) is 26.4. The molecule has 3 atom stereocenters. The topological polar surface area (TPSA) is 249 Å². The summed E-state index contributed by atoms with van der Waals surface area (Å²) in [6, 6.07) is 3.72. The third kappa shape index (κ3) is 16.6. The van der Waals surface area contributed by atoms with E-state index < -0.39 is 0 Å². The van der Waals surface area contributed by atoms with Crippen LogP contribution >= 0.6 is 11.8 Å². The molecule has 18 nitrogen and oxygen atoms in total. The van der Waals surface area contributed by atoms with Crippen LogP contribution in [0.15, 0.2) is 39.8 Å². The SMILES string of the molecule is CC1(C)CC(=O)C(C(CCOCCOCCOCCOCCNC(=O)CCCC[C@H]2SCC3NC(=O)NC32)=NCCC(=O)Nc2ccc(CN=[N+]=N)nc2)=C(O)C1. The van der Waals surface area contributed by atoms with Crippen molar-refractivity contribution in [2.24, 2.45) is 15.5 Å². The van der Waals surface area contributed by atoms with Crippen molar-refractivity contribution in [3.8, 4) is 0 Å². The maximum atomic E-state index is 13.1. The zero-order chi connectivity index (χ0) is 40.9. The van der Waals surface area contributed by atoms with E-state index in [0.29, 0.717) is 88.0 Å². The van der Waals surface area contributed by atoms with Crippen molar-refractivity contribution >= 4 is 46.8 Å². The molecule has 2 fully saturated rings. The van der Waals surface area contributed by atoms with Gasteiger partial charge < -0.3 is 45.3 Å². The summed E-state index contributed by atoms with van der Waals surface area (Å²) in [5.74, 6) is 0.496. The minimum Gasteiger partial charge on any atom is -0.511 e. The number of anilines is 1. The van der Waals surface area contributed by atoms with Gasteiger partial charge in [-0.2, -0.15) is 11.8 Å². The highest BCUT2D eigenvalue weighted by Gasteiger charge is 2.42. The van der Waals surface area contributed by atoms with Gasteiger partial charge in [0, 0.05) is 56.2 Å².